The minimum absolute atomic E-state index is 0.138. The highest BCUT2D eigenvalue weighted by Gasteiger charge is 2.20. The molecule has 0 spiro atoms. The molecule has 80 valence electrons. The molecule has 0 saturated heterocycles. The fourth-order valence-electron chi connectivity index (χ4n) is 1.51. The lowest BCUT2D eigenvalue weighted by Crippen LogP contribution is -2.20. The molecule has 0 saturated carbocycles. The van der Waals surface area contributed by atoms with E-state index >= 15 is 0 Å². The largest absolute Gasteiger partial charge is 0.307 e. The van der Waals surface area contributed by atoms with Crippen LogP contribution in [-0.4, -0.2) is 22.0 Å². The number of hydrogen-bond acceptors (Lipinski definition) is 4. The number of hydrogen-bond donors (Lipinski definition) is 1. The summed E-state index contributed by atoms with van der Waals surface area (Å²) < 4.78 is 2.57. The summed E-state index contributed by atoms with van der Waals surface area (Å²) in [6.07, 6.45) is 0. The fourth-order valence-corrected chi connectivity index (χ4v) is 2.91. The molecular weight excluding hydrogens is 276 g/mol. The summed E-state index contributed by atoms with van der Waals surface area (Å²) >= 11 is 5.13. The van der Waals surface area contributed by atoms with Crippen molar-refractivity contribution in [1.29, 1.82) is 0 Å². The van der Waals surface area contributed by atoms with Crippen molar-refractivity contribution >= 4 is 27.3 Å². The molecule has 0 radical (unpaired) electrons. The molecule has 15 heavy (non-hydrogen) atoms. The Labute approximate surface area is 100 Å². The first-order valence-electron chi connectivity index (χ1n) is 4.49. The van der Waals surface area contributed by atoms with Crippen LogP contribution in [0.1, 0.15) is 16.6 Å². The van der Waals surface area contributed by atoms with Crippen molar-refractivity contribution in [2.24, 2.45) is 7.05 Å². The molecule has 6 heteroatoms. The highest BCUT2D eigenvalue weighted by molar-refractivity contribution is 9.10. The van der Waals surface area contributed by atoms with E-state index in [0.717, 1.165) is 10.3 Å². The van der Waals surface area contributed by atoms with E-state index in [-0.39, 0.29) is 6.04 Å². The lowest BCUT2D eigenvalue weighted by Gasteiger charge is -2.14. The SMILES string of the molecule is CNC(c1cccs1)c1c(Br)nnn1C. The van der Waals surface area contributed by atoms with Gasteiger partial charge in [-0.25, -0.2) is 4.68 Å². The second-order valence-corrected chi connectivity index (χ2v) is 4.86. The van der Waals surface area contributed by atoms with Gasteiger partial charge in [-0.1, -0.05) is 11.3 Å². The molecule has 0 aliphatic carbocycles. The Morgan fingerprint density at radius 1 is 1.60 bits per heavy atom. The van der Waals surface area contributed by atoms with E-state index in [0.29, 0.717) is 0 Å². The van der Waals surface area contributed by atoms with Gasteiger partial charge < -0.3 is 5.32 Å². The van der Waals surface area contributed by atoms with Gasteiger partial charge in [-0.15, -0.1) is 16.4 Å². The van der Waals surface area contributed by atoms with E-state index in [4.69, 9.17) is 0 Å². The summed E-state index contributed by atoms with van der Waals surface area (Å²) in [6.45, 7) is 0. The van der Waals surface area contributed by atoms with Crippen LogP contribution < -0.4 is 5.32 Å². The molecule has 0 fully saturated rings. The zero-order valence-electron chi connectivity index (χ0n) is 8.44. The van der Waals surface area contributed by atoms with Crippen LogP contribution in [0.15, 0.2) is 22.1 Å². The van der Waals surface area contributed by atoms with Crippen LogP contribution in [0.3, 0.4) is 0 Å². The van der Waals surface area contributed by atoms with E-state index in [9.17, 15) is 0 Å². The third-order valence-corrected chi connectivity index (χ3v) is 3.72. The number of halogens is 1. The molecule has 0 aromatic carbocycles. The second-order valence-electron chi connectivity index (χ2n) is 3.13. The van der Waals surface area contributed by atoms with Gasteiger partial charge in [0.15, 0.2) is 4.60 Å². The Balaban J connectivity index is 2.44. The number of nitrogens with one attached hydrogen (secondary N) is 1. The van der Waals surface area contributed by atoms with Gasteiger partial charge in [0.25, 0.3) is 0 Å². The highest BCUT2D eigenvalue weighted by Crippen LogP contribution is 2.28. The van der Waals surface area contributed by atoms with Gasteiger partial charge >= 0.3 is 0 Å². The average Bonchev–Trinajstić information content (AvgIpc) is 2.83. The second kappa shape index (κ2) is 4.42. The summed E-state index contributed by atoms with van der Waals surface area (Å²) in [5.41, 5.74) is 1.04. The lowest BCUT2D eigenvalue weighted by molar-refractivity contribution is 0.603. The van der Waals surface area contributed by atoms with Crippen molar-refractivity contribution in [3.8, 4) is 0 Å². The Morgan fingerprint density at radius 2 is 2.40 bits per heavy atom. The monoisotopic (exact) mass is 286 g/mol. The van der Waals surface area contributed by atoms with Crippen molar-refractivity contribution in [3.05, 3.63) is 32.7 Å². The van der Waals surface area contributed by atoms with Gasteiger partial charge in [0, 0.05) is 11.9 Å². The minimum atomic E-state index is 0.138. The Hall–Kier alpha value is -0.720. The van der Waals surface area contributed by atoms with Gasteiger partial charge in [-0.2, -0.15) is 0 Å². The predicted octanol–water partition coefficient (Wildman–Crippen LogP) is 1.95. The van der Waals surface area contributed by atoms with Gasteiger partial charge in [0.1, 0.15) is 0 Å². The molecule has 1 atom stereocenters. The van der Waals surface area contributed by atoms with E-state index in [2.05, 4.69) is 43.0 Å². The van der Waals surface area contributed by atoms with Gasteiger partial charge in [-0.05, 0) is 34.4 Å². The Bertz CT molecular complexity index is 417. The number of thiophene rings is 1. The summed E-state index contributed by atoms with van der Waals surface area (Å²) in [5.74, 6) is 0. The molecular formula is C9H11BrN4S. The van der Waals surface area contributed by atoms with E-state index in [1.165, 1.54) is 4.88 Å². The maximum Gasteiger partial charge on any atom is 0.153 e. The molecule has 0 amide bonds. The van der Waals surface area contributed by atoms with Crippen molar-refractivity contribution in [1.82, 2.24) is 20.3 Å². The molecule has 2 aromatic heterocycles. The first-order chi connectivity index (χ1) is 7.24. The third-order valence-electron chi connectivity index (χ3n) is 2.22. The van der Waals surface area contributed by atoms with Crippen LogP contribution in [0.25, 0.3) is 0 Å². The van der Waals surface area contributed by atoms with Gasteiger partial charge in [0.2, 0.25) is 0 Å². The van der Waals surface area contributed by atoms with Crippen molar-refractivity contribution in [2.45, 2.75) is 6.04 Å². The van der Waals surface area contributed by atoms with E-state index < -0.39 is 0 Å². The van der Waals surface area contributed by atoms with Crippen LogP contribution in [-0.2, 0) is 7.05 Å². The maximum atomic E-state index is 3.99. The quantitative estimate of drug-likeness (QED) is 0.938. The predicted molar refractivity (Wildman–Crippen MR) is 63.9 cm³/mol. The lowest BCUT2D eigenvalue weighted by atomic mass is 10.2. The van der Waals surface area contributed by atoms with Crippen LogP contribution in [0, 0.1) is 0 Å². The molecule has 2 rings (SSSR count). The summed E-state index contributed by atoms with van der Waals surface area (Å²) in [4.78, 5) is 1.25. The summed E-state index contributed by atoms with van der Waals surface area (Å²) in [7, 11) is 3.83. The number of aryl methyl sites for hydroxylation is 1. The van der Waals surface area contributed by atoms with Crippen LogP contribution in [0.2, 0.25) is 0 Å². The van der Waals surface area contributed by atoms with Crippen molar-refractivity contribution in [2.75, 3.05) is 7.05 Å². The molecule has 0 aliphatic heterocycles. The number of rotatable bonds is 3. The number of aromatic nitrogens is 3. The first-order valence-corrected chi connectivity index (χ1v) is 6.17. The normalized spacial score (nSPS) is 13.0. The minimum Gasteiger partial charge on any atom is -0.307 e. The number of nitrogens with zero attached hydrogens (tertiary/aromatic N) is 3. The van der Waals surface area contributed by atoms with Crippen LogP contribution in [0.5, 0.6) is 0 Å². The molecule has 0 aliphatic rings. The molecule has 0 bridgehead atoms. The molecule has 2 heterocycles. The van der Waals surface area contributed by atoms with Gasteiger partial charge in [-0.3, -0.25) is 0 Å². The fraction of sp³-hybridized carbons (Fsp3) is 0.333. The first kappa shape index (κ1) is 10.8. The standard InChI is InChI=1S/C9H11BrN4S/c1-11-7(6-4-3-5-15-6)8-9(10)12-13-14(8)2/h3-5,7,11H,1-2H3. The van der Waals surface area contributed by atoms with Crippen LogP contribution in [0.4, 0.5) is 0 Å². The topological polar surface area (TPSA) is 42.7 Å². The van der Waals surface area contributed by atoms with Crippen molar-refractivity contribution < 1.29 is 0 Å². The summed E-state index contributed by atoms with van der Waals surface area (Å²) in [6, 6.07) is 4.28. The Morgan fingerprint density at radius 3 is 2.87 bits per heavy atom. The van der Waals surface area contributed by atoms with Crippen LogP contribution >= 0.6 is 27.3 Å². The summed E-state index contributed by atoms with van der Waals surface area (Å²) in [5, 5.41) is 13.3. The van der Waals surface area contributed by atoms with Crippen molar-refractivity contribution in [3.63, 3.8) is 0 Å². The zero-order valence-corrected chi connectivity index (χ0v) is 10.8. The zero-order chi connectivity index (χ0) is 10.8. The highest BCUT2D eigenvalue weighted by atomic mass is 79.9. The van der Waals surface area contributed by atoms with E-state index in [1.807, 2.05) is 20.2 Å². The maximum absolute atomic E-state index is 3.99. The van der Waals surface area contributed by atoms with Gasteiger partial charge in [0.05, 0.1) is 11.7 Å². The average molecular weight is 287 g/mol. The third kappa shape index (κ3) is 1.97. The smallest absolute Gasteiger partial charge is 0.153 e. The molecule has 1 unspecified atom stereocenters. The molecule has 2 aromatic rings. The molecule has 4 nitrogen and oxygen atoms in total. The van der Waals surface area contributed by atoms with E-state index in [1.54, 1.807) is 16.0 Å². The molecule has 1 N–H and O–H groups in total. The Kier molecular flexibility index (Phi) is 3.18.